The van der Waals surface area contributed by atoms with Crippen molar-refractivity contribution in [3.63, 3.8) is 0 Å². The Balaban J connectivity index is 2.12. The van der Waals surface area contributed by atoms with Crippen molar-refractivity contribution in [3.05, 3.63) is 23.5 Å². The average molecular weight is 343 g/mol. The van der Waals surface area contributed by atoms with Gasteiger partial charge in [-0.15, -0.1) is 0 Å². The SMILES string of the molecule is O=S(=O)(NC1CCCC(C(F)(F)F)C1)c1cccnc1Cl. The third kappa shape index (κ3) is 4.08. The van der Waals surface area contributed by atoms with Gasteiger partial charge in [0.2, 0.25) is 10.0 Å². The molecule has 2 atom stereocenters. The molecule has 1 aliphatic carbocycles. The molecule has 1 aromatic rings. The molecule has 0 aromatic carbocycles. The van der Waals surface area contributed by atoms with E-state index < -0.39 is 28.2 Å². The van der Waals surface area contributed by atoms with Crippen LogP contribution in [0.25, 0.3) is 0 Å². The van der Waals surface area contributed by atoms with Gasteiger partial charge in [0.25, 0.3) is 0 Å². The minimum absolute atomic E-state index is 0.0371. The summed E-state index contributed by atoms with van der Waals surface area (Å²) >= 11 is 5.72. The lowest BCUT2D eigenvalue weighted by atomic mass is 9.86. The lowest BCUT2D eigenvalue weighted by Gasteiger charge is -2.30. The normalized spacial score (nSPS) is 24.0. The Bertz CT molecular complexity index is 607. The van der Waals surface area contributed by atoms with Gasteiger partial charge in [-0.2, -0.15) is 13.2 Å². The third-order valence-electron chi connectivity index (χ3n) is 3.47. The van der Waals surface area contributed by atoms with Crippen LogP contribution in [0.3, 0.4) is 0 Å². The highest BCUT2D eigenvalue weighted by Gasteiger charge is 2.42. The number of aromatic nitrogens is 1. The predicted molar refractivity (Wildman–Crippen MR) is 71.4 cm³/mol. The Kier molecular flexibility index (Phi) is 4.79. The first-order valence-electron chi connectivity index (χ1n) is 6.40. The van der Waals surface area contributed by atoms with E-state index in [-0.39, 0.29) is 22.9 Å². The topological polar surface area (TPSA) is 59.1 Å². The van der Waals surface area contributed by atoms with Crippen molar-refractivity contribution in [2.24, 2.45) is 5.92 Å². The smallest absolute Gasteiger partial charge is 0.243 e. The van der Waals surface area contributed by atoms with E-state index in [0.717, 1.165) is 0 Å². The molecule has 0 radical (unpaired) electrons. The number of rotatable bonds is 3. The van der Waals surface area contributed by atoms with Crippen molar-refractivity contribution in [1.29, 1.82) is 0 Å². The summed E-state index contributed by atoms with van der Waals surface area (Å²) in [5, 5.41) is -0.201. The van der Waals surface area contributed by atoms with Crippen molar-refractivity contribution >= 4 is 21.6 Å². The van der Waals surface area contributed by atoms with Crippen LogP contribution in [0.5, 0.6) is 0 Å². The average Bonchev–Trinajstić information content (AvgIpc) is 2.37. The monoisotopic (exact) mass is 342 g/mol. The second kappa shape index (κ2) is 6.10. The van der Waals surface area contributed by atoms with Crippen LogP contribution in [0.2, 0.25) is 5.15 Å². The highest BCUT2D eigenvalue weighted by molar-refractivity contribution is 7.89. The van der Waals surface area contributed by atoms with Crippen molar-refractivity contribution < 1.29 is 21.6 Å². The minimum Gasteiger partial charge on any atom is -0.243 e. The fourth-order valence-corrected chi connectivity index (χ4v) is 4.18. The molecule has 1 N–H and O–H groups in total. The Morgan fingerprint density at radius 2 is 2.05 bits per heavy atom. The van der Waals surface area contributed by atoms with Gasteiger partial charge in [0.05, 0.1) is 5.92 Å². The molecule has 0 saturated heterocycles. The Labute approximate surface area is 125 Å². The van der Waals surface area contributed by atoms with E-state index in [1.165, 1.54) is 18.3 Å². The molecule has 1 heterocycles. The molecule has 1 aliphatic rings. The maximum atomic E-state index is 12.7. The van der Waals surface area contributed by atoms with Crippen LogP contribution < -0.4 is 4.72 Å². The highest BCUT2D eigenvalue weighted by Crippen LogP contribution is 2.37. The zero-order valence-corrected chi connectivity index (χ0v) is 12.5. The lowest BCUT2D eigenvalue weighted by molar-refractivity contribution is -0.183. The number of nitrogens with zero attached hydrogens (tertiary/aromatic N) is 1. The molecule has 9 heteroatoms. The summed E-state index contributed by atoms with van der Waals surface area (Å²) in [5.74, 6) is -1.47. The zero-order valence-electron chi connectivity index (χ0n) is 10.9. The molecule has 4 nitrogen and oxygen atoms in total. The lowest BCUT2D eigenvalue weighted by Crippen LogP contribution is -2.41. The number of halogens is 4. The molecule has 2 rings (SSSR count). The maximum absolute atomic E-state index is 12.7. The van der Waals surface area contributed by atoms with Crippen LogP contribution in [0.15, 0.2) is 23.2 Å². The standard InChI is InChI=1S/C12H14ClF3N2O2S/c13-11-10(5-2-6-17-11)21(19,20)18-9-4-1-3-8(7-9)12(14,15)16/h2,5-6,8-9,18H,1,3-4,7H2. The number of alkyl halides is 3. The summed E-state index contributed by atoms with van der Waals surface area (Å²) in [5.41, 5.74) is 0. The molecule has 2 unspecified atom stereocenters. The summed E-state index contributed by atoms with van der Waals surface area (Å²) in [6, 6.07) is 1.92. The summed E-state index contributed by atoms with van der Waals surface area (Å²) in [6.45, 7) is 0. The fraction of sp³-hybridized carbons (Fsp3) is 0.583. The van der Waals surface area contributed by atoms with Gasteiger partial charge in [-0.1, -0.05) is 18.0 Å². The molecule has 1 aromatic heterocycles. The van der Waals surface area contributed by atoms with Gasteiger partial charge in [-0.3, -0.25) is 0 Å². The summed E-state index contributed by atoms with van der Waals surface area (Å²) < 4.78 is 64.8. The molecule has 118 valence electrons. The second-order valence-electron chi connectivity index (χ2n) is 5.02. The van der Waals surface area contributed by atoms with E-state index in [2.05, 4.69) is 9.71 Å². The van der Waals surface area contributed by atoms with Gasteiger partial charge < -0.3 is 0 Å². The number of nitrogens with one attached hydrogen (secondary N) is 1. The first-order chi connectivity index (χ1) is 9.70. The van der Waals surface area contributed by atoms with Gasteiger partial charge in [0.15, 0.2) is 0 Å². The number of pyridine rings is 1. The van der Waals surface area contributed by atoms with Crippen LogP contribution in [0, 0.1) is 5.92 Å². The van der Waals surface area contributed by atoms with E-state index in [1.54, 1.807) is 0 Å². The van der Waals surface area contributed by atoms with E-state index in [1.807, 2.05) is 0 Å². The first-order valence-corrected chi connectivity index (χ1v) is 8.26. The Morgan fingerprint density at radius 1 is 1.33 bits per heavy atom. The van der Waals surface area contributed by atoms with E-state index in [9.17, 15) is 21.6 Å². The molecule has 1 fully saturated rings. The first kappa shape index (κ1) is 16.5. The molecule has 21 heavy (non-hydrogen) atoms. The molecule has 0 bridgehead atoms. The van der Waals surface area contributed by atoms with Crippen molar-refractivity contribution in [3.8, 4) is 0 Å². The van der Waals surface area contributed by atoms with Crippen LogP contribution in [0.1, 0.15) is 25.7 Å². The number of hydrogen-bond donors (Lipinski definition) is 1. The zero-order chi connectivity index (χ0) is 15.7. The van der Waals surface area contributed by atoms with Crippen LogP contribution in [-0.2, 0) is 10.0 Å². The quantitative estimate of drug-likeness (QED) is 0.858. The largest absolute Gasteiger partial charge is 0.391 e. The molecular weight excluding hydrogens is 329 g/mol. The van der Waals surface area contributed by atoms with Gasteiger partial charge >= 0.3 is 6.18 Å². The third-order valence-corrected chi connectivity index (χ3v) is 5.44. The van der Waals surface area contributed by atoms with Gasteiger partial charge in [0.1, 0.15) is 10.0 Å². The van der Waals surface area contributed by atoms with Crippen molar-refractivity contribution in [2.45, 2.75) is 42.8 Å². The second-order valence-corrected chi connectivity index (χ2v) is 7.06. The summed E-state index contributed by atoms with van der Waals surface area (Å²) in [4.78, 5) is 3.44. The minimum atomic E-state index is -4.30. The Morgan fingerprint density at radius 3 is 2.67 bits per heavy atom. The fourth-order valence-electron chi connectivity index (χ4n) is 2.45. The van der Waals surface area contributed by atoms with Crippen molar-refractivity contribution in [2.75, 3.05) is 0 Å². The molecular formula is C12H14ClF3N2O2S. The van der Waals surface area contributed by atoms with Gasteiger partial charge in [-0.05, 0) is 31.4 Å². The van der Waals surface area contributed by atoms with Crippen LogP contribution in [-0.4, -0.2) is 25.6 Å². The molecule has 1 saturated carbocycles. The van der Waals surface area contributed by atoms with E-state index in [4.69, 9.17) is 11.6 Å². The Hall–Kier alpha value is -0.860. The van der Waals surface area contributed by atoms with Crippen molar-refractivity contribution in [1.82, 2.24) is 9.71 Å². The molecule has 0 aliphatic heterocycles. The molecule has 0 amide bonds. The van der Waals surface area contributed by atoms with Gasteiger partial charge in [0, 0.05) is 12.2 Å². The maximum Gasteiger partial charge on any atom is 0.391 e. The van der Waals surface area contributed by atoms with Gasteiger partial charge in [-0.25, -0.2) is 18.1 Å². The number of sulfonamides is 1. The van der Waals surface area contributed by atoms with E-state index in [0.29, 0.717) is 12.8 Å². The van der Waals surface area contributed by atoms with Crippen LogP contribution >= 0.6 is 11.6 Å². The number of hydrogen-bond acceptors (Lipinski definition) is 3. The summed E-state index contributed by atoms with van der Waals surface area (Å²) in [6.07, 6.45) is -2.46. The summed E-state index contributed by atoms with van der Waals surface area (Å²) in [7, 11) is -3.97. The van der Waals surface area contributed by atoms with E-state index >= 15 is 0 Å². The molecule has 0 spiro atoms. The predicted octanol–water partition coefficient (Wildman–Crippen LogP) is 3.13. The van der Waals surface area contributed by atoms with Crippen LogP contribution in [0.4, 0.5) is 13.2 Å². The highest BCUT2D eigenvalue weighted by atomic mass is 35.5.